The molecule has 3 heteroatoms. The monoisotopic (exact) mass is 250 g/mol. The van der Waals surface area contributed by atoms with E-state index in [9.17, 15) is 0 Å². The average molecular weight is 250 g/mol. The van der Waals surface area contributed by atoms with Gasteiger partial charge in [0.2, 0.25) is 0 Å². The zero-order valence-corrected chi connectivity index (χ0v) is 12.0. The Labute approximate surface area is 111 Å². The second kappa shape index (κ2) is 8.11. The van der Waals surface area contributed by atoms with Crippen LogP contribution in [0, 0.1) is 6.92 Å². The summed E-state index contributed by atoms with van der Waals surface area (Å²) in [5.74, 6) is 2.11. The van der Waals surface area contributed by atoms with E-state index in [2.05, 4.69) is 43.8 Å². The Bertz CT molecular complexity index is 357. The molecule has 1 aromatic heterocycles. The molecule has 0 saturated heterocycles. The topological polar surface area (TPSA) is 28.4 Å². The van der Waals surface area contributed by atoms with Crippen LogP contribution < -0.4 is 5.32 Å². The van der Waals surface area contributed by atoms with E-state index in [1.165, 1.54) is 5.56 Å². The molecule has 0 atom stereocenters. The Morgan fingerprint density at radius 3 is 2.94 bits per heavy atom. The van der Waals surface area contributed by atoms with Crippen LogP contribution in [0.25, 0.3) is 0 Å². The van der Waals surface area contributed by atoms with Crippen LogP contribution >= 0.6 is 0 Å². The molecule has 0 amide bonds. The Morgan fingerprint density at radius 2 is 2.28 bits per heavy atom. The lowest BCUT2D eigenvalue weighted by atomic mass is 10.2. The van der Waals surface area contributed by atoms with Crippen molar-refractivity contribution in [3.05, 3.63) is 35.8 Å². The molecule has 0 aliphatic carbocycles. The zero-order chi connectivity index (χ0) is 13.4. The van der Waals surface area contributed by atoms with Gasteiger partial charge in [-0.3, -0.25) is 4.90 Å². The van der Waals surface area contributed by atoms with Gasteiger partial charge in [-0.05, 0) is 45.0 Å². The summed E-state index contributed by atoms with van der Waals surface area (Å²) in [6, 6.07) is 2.15. The SMILES string of the molecule is C=CCCN(C)Cc1cc(C)c(CNCCC)o1. The summed E-state index contributed by atoms with van der Waals surface area (Å²) in [5, 5.41) is 3.37. The molecule has 0 unspecified atom stereocenters. The van der Waals surface area contributed by atoms with Crippen molar-refractivity contribution in [1.82, 2.24) is 10.2 Å². The minimum atomic E-state index is 0.829. The average Bonchev–Trinajstić information content (AvgIpc) is 2.67. The molecule has 0 radical (unpaired) electrons. The van der Waals surface area contributed by atoms with Crippen molar-refractivity contribution >= 4 is 0 Å². The molecule has 0 saturated carbocycles. The first-order chi connectivity index (χ1) is 8.67. The third-order valence-corrected chi connectivity index (χ3v) is 2.92. The fourth-order valence-corrected chi connectivity index (χ4v) is 1.88. The largest absolute Gasteiger partial charge is 0.463 e. The summed E-state index contributed by atoms with van der Waals surface area (Å²) < 4.78 is 5.88. The van der Waals surface area contributed by atoms with Gasteiger partial charge in [-0.1, -0.05) is 13.0 Å². The highest BCUT2D eigenvalue weighted by Crippen LogP contribution is 2.16. The molecule has 0 aliphatic heterocycles. The summed E-state index contributed by atoms with van der Waals surface area (Å²) in [4.78, 5) is 2.25. The van der Waals surface area contributed by atoms with E-state index in [0.29, 0.717) is 0 Å². The van der Waals surface area contributed by atoms with Crippen molar-refractivity contribution in [2.75, 3.05) is 20.1 Å². The lowest BCUT2D eigenvalue weighted by molar-refractivity contribution is 0.294. The van der Waals surface area contributed by atoms with Gasteiger partial charge in [0.1, 0.15) is 11.5 Å². The molecule has 0 aliphatic rings. The third kappa shape index (κ3) is 5.07. The summed E-state index contributed by atoms with van der Waals surface area (Å²) in [6.45, 7) is 11.8. The number of nitrogens with one attached hydrogen (secondary N) is 1. The Hall–Kier alpha value is -1.06. The van der Waals surface area contributed by atoms with Crippen molar-refractivity contribution in [2.24, 2.45) is 0 Å². The predicted molar refractivity (Wildman–Crippen MR) is 76.6 cm³/mol. The lowest BCUT2D eigenvalue weighted by Crippen LogP contribution is -2.18. The van der Waals surface area contributed by atoms with Gasteiger partial charge in [0.25, 0.3) is 0 Å². The molecule has 1 heterocycles. The highest BCUT2D eigenvalue weighted by Gasteiger charge is 2.08. The number of hydrogen-bond donors (Lipinski definition) is 1. The minimum Gasteiger partial charge on any atom is -0.463 e. The maximum absolute atomic E-state index is 5.88. The van der Waals surface area contributed by atoms with Gasteiger partial charge < -0.3 is 9.73 Å². The van der Waals surface area contributed by atoms with Gasteiger partial charge in [-0.15, -0.1) is 6.58 Å². The lowest BCUT2D eigenvalue weighted by Gasteiger charge is -2.13. The van der Waals surface area contributed by atoms with Gasteiger partial charge in [0.05, 0.1) is 13.1 Å². The Kier molecular flexibility index (Phi) is 6.76. The van der Waals surface area contributed by atoms with E-state index < -0.39 is 0 Å². The number of furan rings is 1. The summed E-state index contributed by atoms with van der Waals surface area (Å²) in [6.07, 6.45) is 4.11. The van der Waals surface area contributed by atoms with Crippen LogP contribution in [-0.2, 0) is 13.1 Å². The number of nitrogens with zero attached hydrogens (tertiary/aromatic N) is 1. The number of rotatable bonds is 9. The van der Waals surface area contributed by atoms with Crippen molar-refractivity contribution in [3.8, 4) is 0 Å². The van der Waals surface area contributed by atoms with Gasteiger partial charge in [0.15, 0.2) is 0 Å². The van der Waals surface area contributed by atoms with Crippen molar-refractivity contribution in [1.29, 1.82) is 0 Å². The van der Waals surface area contributed by atoms with Gasteiger partial charge in [-0.25, -0.2) is 0 Å². The standard InChI is InChI=1S/C15H26N2O/c1-5-7-9-17(4)12-14-10-13(3)15(18-14)11-16-8-6-2/h5,10,16H,1,6-9,11-12H2,2-4H3. The van der Waals surface area contributed by atoms with Gasteiger partial charge in [0, 0.05) is 6.54 Å². The maximum Gasteiger partial charge on any atom is 0.120 e. The van der Waals surface area contributed by atoms with Crippen LogP contribution in [0.3, 0.4) is 0 Å². The molecule has 3 nitrogen and oxygen atoms in total. The second-order valence-corrected chi connectivity index (χ2v) is 4.81. The third-order valence-electron chi connectivity index (χ3n) is 2.92. The van der Waals surface area contributed by atoms with E-state index in [0.717, 1.165) is 50.5 Å². The molecule has 1 N–H and O–H groups in total. The Balaban J connectivity index is 2.46. The fraction of sp³-hybridized carbons (Fsp3) is 0.600. The van der Waals surface area contributed by atoms with Crippen LogP contribution in [-0.4, -0.2) is 25.0 Å². The molecule has 0 fully saturated rings. The van der Waals surface area contributed by atoms with Crippen molar-refractivity contribution < 1.29 is 4.42 Å². The molecule has 0 bridgehead atoms. The van der Waals surface area contributed by atoms with Gasteiger partial charge >= 0.3 is 0 Å². The number of aryl methyl sites for hydroxylation is 1. The minimum absolute atomic E-state index is 0.829. The smallest absolute Gasteiger partial charge is 0.120 e. The molecule has 1 rings (SSSR count). The van der Waals surface area contributed by atoms with Crippen LogP contribution in [0.4, 0.5) is 0 Å². The van der Waals surface area contributed by atoms with Crippen LogP contribution in [0.5, 0.6) is 0 Å². The van der Waals surface area contributed by atoms with E-state index in [1.807, 2.05) is 6.08 Å². The molecular formula is C15H26N2O. The number of hydrogen-bond acceptors (Lipinski definition) is 3. The van der Waals surface area contributed by atoms with Gasteiger partial charge in [-0.2, -0.15) is 0 Å². The summed E-state index contributed by atoms with van der Waals surface area (Å²) in [7, 11) is 2.11. The van der Waals surface area contributed by atoms with E-state index in [-0.39, 0.29) is 0 Å². The molecular weight excluding hydrogens is 224 g/mol. The molecule has 0 spiro atoms. The predicted octanol–water partition coefficient (Wildman–Crippen LogP) is 3.10. The quantitative estimate of drug-likeness (QED) is 0.539. The van der Waals surface area contributed by atoms with Crippen molar-refractivity contribution in [3.63, 3.8) is 0 Å². The highest BCUT2D eigenvalue weighted by atomic mass is 16.3. The first-order valence-electron chi connectivity index (χ1n) is 6.75. The molecule has 1 aromatic rings. The second-order valence-electron chi connectivity index (χ2n) is 4.81. The van der Waals surface area contributed by atoms with Crippen LogP contribution in [0.2, 0.25) is 0 Å². The summed E-state index contributed by atoms with van der Waals surface area (Å²) in [5.41, 5.74) is 1.24. The summed E-state index contributed by atoms with van der Waals surface area (Å²) >= 11 is 0. The normalized spacial score (nSPS) is 11.1. The molecule has 0 aromatic carbocycles. The first-order valence-corrected chi connectivity index (χ1v) is 6.75. The van der Waals surface area contributed by atoms with Crippen LogP contribution in [0.15, 0.2) is 23.1 Å². The molecule has 18 heavy (non-hydrogen) atoms. The maximum atomic E-state index is 5.88. The van der Waals surface area contributed by atoms with E-state index in [4.69, 9.17) is 4.42 Å². The highest BCUT2D eigenvalue weighted by molar-refractivity contribution is 5.20. The first kappa shape index (κ1) is 15.0. The Morgan fingerprint density at radius 1 is 1.50 bits per heavy atom. The molecule has 102 valence electrons. The zero-order valence-electron chi connectivity index (χ0n) is 12.0. The van der Waals surface area contributed by atoms with E-state index >= 15 is 0 Å². The fourth-order valence-electron chi connectivity index (χ4n) is 1.88. The van der Waals surface area contributed by atoms with E-state index in [1.54, 1.807) is 0 Å². The van der Waals surface area contributed by atoms with Crippen molar-refractivity contribution in [2.45, 2.75) is 39.8 Å². The van der Waals surface area contributed by atoms with Crippen LogP contribution in [0.1, 0.15) is 36.8 Å².